The van der Waals surface area contributed by atoms with Crippen LogP contribution in [0.5, 0.6) is 0 Å². The molecule has 0 atom stereocenters. The molecule has 0 aliphatic heterocycles. The quantitative estimate of drug-likeness (QED) is 0.352. The minimum absolute atomic E-state index is 0.222. The summed E-state index contributed by atoms with van der Waals surface area (Å²) in [6.45, 7) is 2.04. The van der Waals surface area contributed by atoms with Gasteiger partial charge in [0, 0.05) is 16.0 Å². The predicted octanol–water partition coefficient (Wildman–Crippen LogP) is 6.59. The summed E-state index contributed by atoms with van der Waals surface area (Å²) >= 11 is 13.7. The van der Waals surface area contributed by atoms with Gasteiger partial charge in [-0.2, -0.15) is 0 Å². The number of carbonyl (C=O) groups excluding carboxylic acids is 1. The van der Waals surface area contributed by atoms with E-state index in [-0.39, 0.29) is 11.8 Å². The number of esters is 1. The molecule has 0 amide bonds. The van der Waals surface area contributed by atoms with Crippen LogP contribution in [0.1, 0.15) is 17.3 Å². The number of hydrogen-bond donors (Lipinski definition) is 1. The number of rotatable bonds is 5. The van der Waals surface area contributed by atoms with Gasteiger partial charge in [0.15, 0.2) is 11.0 Å². The van der Waals surface area contributed by atoms with Crippen molar-refractivity contribution in [2.75, 3.05) is 11.9 Å². The second-order valence-electron chi connectivity index (χ2n) is 6.06. The van der Waals surface area contributed by atoms with Crippen LogP contribution in [-0.2, 0) is 4.74 Å². The van der Waals surface area contributed by atoms with Crippen LogP contribution in [-0.4, -0.2) is 22.5 Å². The Morgan fingerprint density at radius 1 is 1.07 bits per heavy atom. The summed E-state index contributed by atoms with van der Waals surface area (Å²) in [6, 6.07) is 14.7. The topological polar surface area (TPSA) is 64.1 Å². The van der Waals surface area contributed by atoms with Crippen LogP contribution in [0.4, 0.5) is 10.8 Å². The maximum absolute atomic E-state index is 12.7. The SMILES string of the molecule is CCOC(=O)c1c(-c2ccc(Cl)cc2)csc1Nc1nc2ccccc2nc1Cl. The number of thiophene rings is 1. The number of benzene rings is 2. The van der Waals surface area contributed by atoms with Crippen molar-refractivity contribution in [2.24, 2.45) is 0 Å². The third-order valence-electron chi connectivity index (χ3n) is 4.19. The third-order valence-corrected chi connectivity index (χ3v) is 5.60. The van der Waals surface area contributed by atoms with Crippen molar-refractivity contribution in [1.29, 1.82) is 0 Å². The Hall–Kier alpha value is -2.67. The number of fused-ring (bicyclic) bond motifs is 1. The Bertz CT molecular complexity index is 1190. The zero-order valence-corrected chi connectivity index (χ0v) is 17.6. The summed E-state index contributed by atoms with van der Waals surface area (Å²) in [5, 5.41) is 6.48. The molecule has 0 saturated carbocycles. The second-order valence-corrected chi connectivity index (χ2v) is 7.73. The van der Waals surface area contributed by atoms with Crippen molar-refractivity contribution < 1.29 is 9.53 Å². The van der Waals surface area contributed by atoms with E-state index in [9.17, 15) is 4.79 Å². The van der Waals surface area contributed by atoms with Crippen molar-refractivity contribution in [3.63, 3.8) is 0 Å². The van der Waals surface area contributed by atoms with E-state index in [1.54, 1.807) is 19.1 Å². The molecule has 146 valence electrons. The number of halogens is 2. The molecule has 1 N–H and O–H groups in total. The van der Waals surface area contributed by atoms with Gasteiger partial charge in [0.05, 0.1) is 17.6 Å². The Morgan fingerprint density at radius 2 is 1.76 bits per heavy atom. The Balaban J connectivity index is 1.78. The van der Waals surface area contributed by atoms with Gasteiger partial charge in [0.1, 0.15) is 10.6 Å². The molecule has 0 fully saturated rings. The lowest BCUT2D eigenvalue weighted by atomic mass is 10.0. The van der Waals surface area contributed by atoms with Gasteiger partial charge in [-0.05, 0) is 36.8 Å². The van der Waals surface area contributed by atoms with Crippen molar-refractivity contribution in [3.8, 4) is 11.1 Å². The molecule has 29 heavy (non-hydrogen) atoms. The average molecular weight is 444 g/mol. The normalized spacial score (nSPS) is 10.9. The molecule has 4 rings (SSSR count). The summed E-state index contributed by atoms with van der Waals surface area (Å²) in [6.07, 6.45) is 0. The first-order valence-corrected chi connectivity index (χ1v) is 10.4. The fourth-order valence-corrected chi connectivity index (χ4v) is 4.13. The minimum Gasteiger partial charge on any atom is -0.462 e. The highest BCUT2D eigenvalue weighted by molar-refractivity contribution is 7.15. The van der Waals surface area contributed by atoms with Crippen molar-refractivity contribution in [2.45, 2.75) is 6.92 Å². The fourth-order valence-electron chi connectivity index (χ4n) is 2.86. The zero-order chi connectivity index (χ0) is 20.4. The van der Waals surface area contributed by atoms with Gasteiger partial charge < -0.3 is 10.1 Å². The maximum atomic E-state index is 12.7. The van der Waals surface area contributed by atoms with Gasteiger partial charge in [-0.1, -0.05) is 47.5 Å². The van der Waals surface area contributed by atoms with Crippen LogP contribution in [0.15, 0.2) is 53.9 Å². The van der Waals surface area contributed by atoms with Gasteiger partial charge in [0.2, 0.25) is 0 Å². The minimum atomic E-state index is -0.425. The van der Waals surface area contributed by atoms with E-state index in [1.807, 2.05) is 41.8 Å². The van der Waals surface area contributed by atoms with Crippen LogP contribution in [0, 0.1) is 0 Å². The number of carbonyl (C=O) groups is 1. The standard InChI is InChI=1S/C21H15Cl2N3O2S/c1-2-28-21(27)17-14(12-7-9-13(22)10-8-12)11-29-20(17)26-19-18(23)24-15-5-3-4-6-16(15)25-19/h3-11H,2H2,1H3,(H,25,26). The average Bonchev–Trinajstić information content (AvgIpc) is 3.13. The van der Waals surface area contributed by atoms with E-state index in [0.717, 1.165) is 11.1 Å². The van der Waals surface area contributed by atoms with Gasteiger partial charge in [-0.15, -0.1) is 11.3 Å². The smallest absolute Gasteiger partial charge is 0.341 e. The van der Waals surface area contributed by atoms with Gasteiger partial charge in [0.25, 0.3) is 0 Å². The van der Waals surface area contributed by atoms with Crippen LogP contribution in [0.2, 0.25) is 10.2 Å². The van der Waals surface area contributed by atoms with E-state index in [1.165, 1.54) is 11.3 Å². The molecular weight excluding hydrogens is 429 g/mol. The van der Waals surface area contributed by atoms with E-state index in [4.69, 9.17) is 27.9 Å². The lowest BCUT2D eigenvalue weighted by molar-refractivity contribution is 0.0529. The molecule has 2 heterocycles. The fraction of sp³-hybridized carbons (Fsp3) is 0.0952. The molecule has 2 aromatic heterocycles. The number of para-hydroxylation sites is 2. The molecule has 4 aromatic rings. The van der Waals surface area contributed by atoms with Crippen LogP contribution < -0.4 is 5.32 Å². The monoisotopic (exact) mass is 443 g/mol. The number of anilines is 2. The first kappa shape index (κ1) is 19.6. The summed E-state index contributed by atoms with van der Waals surface area (Å²) in [7, 11) is 0. The van der Waals surface area contributed by atoms with Crippen LogP contribution >= 0.6 is 34.5 Å². The van der Waals surface area contributed by atoms with Crippen molar-refractivity contribution in [3.05, 3.63) is 69.7 Å². The summed E-state index contributed by atoms with van der Waals surface area (Å²) in [5.74, 6) is -0.0495. The molecule has 0 saturated heterocycles. The predicted molar refractivity (Wildman–Crippen MR) is 119 cm³/mol. The van der Waals surface area contributed by atoms with E-state index in [0.29, 0.717) is 32.4 Å². The highest BCUT2D eigenvalue weighted by Gasteiger charge is 2.23. The largest absolute Gasteiger partial charge is 0.462 e. The molecule has 5 nitrogen and oxygen atoms in total. The third kappa shape index (κ3) is 4.05. The molecule has 0 radical (unpaired) electrons. The number of nitrogens with zero attached hydrogens (tertiary/aromatic N) is 2. The number of aromatic nitrogens is 2. The molecule has 0 unspecified atom stereocenters. The molecular formula is C21H15Cl2N3O2S. The summed E-state index contributed by atoms with van der Waals surface area (Å²) < 4.78 is 5.28. The molecule has 0 bridgehead atoms. The lowest BCUT2D eigenvalue weighted by Crippen LogP contribution is -2.08. The van der Waals surface area contributed by atoms with Gasteiger partial charge in [-0.25, -0.2) is 14.8 Å². The Kier molecular flexibility index (Phi) is 5.67. The van der Waals surface area contributed by atoms with E-state index in [2.05, 4.69) is 15.3 Å². The Morgan fingerprint density at radius 3 is 2.45 bits per heavy atom. The van der Waals surface area contributed by atoms with Crippen molar-refractivity contribution in [1.82, 2.24) is 9.97 Å². The molecule has 0 spiro atoms. The second kappa shape index (κ2) is 8.37. The highest BCUT2D eigenvalue weighted by Crippen LogP contribution is 2.39. The van der Waals surface area contributed by atoms with Crippen molar-refractivity contribution >= 4 is 62.4 Å². The van der Waals surface area contributed by atoms with E-state index < -0.39 is 5.97 Å². The summed E-state index contributed by atoms with van der Waals surface area (Å²) in [5.41, 5.74) is 3.42. The number of ether oxygens (including phenoxy) is 1. The Labute approximate surface area is 181 Å². The van der Waals surface area contributed by atoms with Crippen LogP contribution in [0.3, 0.4) is 0 Å². The first-order chi connectivity index (χ1) is 14.1. The lowest BCUT2D eigenvalue weighted by Gasteiger charge is -2.10. The maximum Gasteiger partial charge on any atom is 0.341 e. The summed E-state index contributed by atoms with van der Waals surface area (Å²) in [4.78, 5) is 21.6. The molecule has 0 aliphatic carbocycles. The van der Waals surface area contributed by atoms with Gasteiger partial charge >= 0.3 is 5.97 Å². The van der Waals surface area contributed by atoms with Gasteiger partial charge in [-0.3, -0.25) is 0 Å². The number of nitrogens with one attached hydrogen (secondary N) is 1. The zero-order valence-electron chi connectivity index (χ0n) is 15.3. The highest BCUT2D eigenvalue weighted by atomic mass is 35.5. The molecule has 8 heteroatoms. The molecule has 2 aromatic carbocycles. The first-order valence-electron chi connectivity index (χ1n) is 8.80. The van der Waals surface area contributed by atoms with Crippen LogP contribution in [0.25, 0.3) is 22.2 Å². The number of hydrogen-bond acceptors (Lipinski definition) is 6. The van der Waals surface area contributed by atoms with E-state index >= 15 is 0 Å². The molecule has 0 aliphatic rings.